The molecule has 2 aromatic rings. The predicted octanol–water partition coefficient (Wildman–Crippen LogP) is 2.34. The average molecular weight is 349 g/mol. The molecule has 116 valence electrons. The number of aryl methyl sites for hydroxylation is 1. The van der Waals surface area contributed by atoms with E-state index in [4.69, 9.17) is 0 Å². The zero-order valence-corrected chi connectivity index (χ0v) is 14.0. The number of hydrogen-bond donors (Lipinski definition) is 2. The Morgan fingerprint density at radius 3 is 2.67 bits per heavy atom. The summed E-state index contributed by atoms with van der Waals surface area (Å²) in [4.78, 5) is 21.7. The molecule has 0 radical (unpaired) electrons. The molecule has 1 aliphatic heterocycles. The summed E-state index contributed by atoms with van der Waals surface area (Å²) in [5.41, 5.74) is 2.54. The lowest BCUT2D eigenvalue weighted by Crippen LogP contribution is -2.46. The maximum Gasteiger partial charge on any atom is 0.270 e. The highest BCUT2D eigenvalue weighted by molar-refractivity contribution is 7.09. The summed E-state index contributed by atoms with van der Waals surface area (Å²) in [6.45, 7) is 5.24. The number of amides is 1. The lowest BCUT2D eigenvalue weighted by atomic mass is 10.2. The fourth-order valence-corrected chi connectivity index (χ4v) is 2.82. The van der Waals surface area contributed by atoms with Crippen LogP contribution in [0.5, 0.6) is 0 Å². The van der Waals surface area contributed by atoms with Crippen LogP contribution in [0.3, 0.4) is 0 Å². The Morgan fingerprint density at radius 2 is 2.05 bits per heavy atom. The van der Waals surface area contributed by atoms with E-state index in [-0.39, 0.29) is 30.7 Å². The SMILES string of the molecule is Cc1nc(-c2c[nH]c(C(=O)N3CCNCC3)c2)cs1.Cl.Cl. The number of nitrogens with zero attached hydrogens (tertiary/aromatic N) is 2. The summed E-state index contributed by atoms with van der Waals surface area (Å²) < 4.78 is 0. The van der Waals surface area contributed by atoms with Crippen LogP contribution in [0.15, 0.2) is 17.6 Å². The van der Waals surface area contributed by atoms with Gasteiger partial charge in [0.05, 0.1) is 10.7 Å². The van der Waals surface area contributed by atoms with E-state index in [9.17, 15) is 4.79 Å². The van der Waals surface area contributed by atoms with Gasteiger partial charge in [0.2, 0.25) is 0 Å². The molecule has 0 unspecified atom stereocenters. The van der Waals surface area contributed by atoms with Gasteiger partial charge < -0.3 is 15.2 Å². The smallest absolute Gasteiger partial charge is 0.270 e. The van der Waals surface area contributed by atoms with E-state index in [0.29, 0.717) is 5.69 Å². The number of nitrogens with one attached hydrogen (secondary N) is 2. The molecular formula is C13H18Cl2N4OS. The van der Waals surface area contributed by atoms with Gasteiger partial charge in [-0.05, 0) is 13.0 Å². The van der Waals surface area contributed by atoms with Crippen molar-refractivity contribution in [3.8, 4) is 11.3 Å². The van der Waals surface area contributed by atoms with Gasteiger partial charge in [-0.2, -0.15) is 0 Å². The number of halogens is 2. The third-order valence-corrected chi connectivity index (χ3v) is 4.01. The first-order valence-corrected chi connectivity index (χ1v) is 7.23. The largest absolute Gasteiger partial charge is 0.357 e. The molecule has 0 aliphatic carbocycles. The molecule has 1 amide bonds. The van der Waals surface area contributed by atoms with Crippen molar-refractivity contribution in [2.75, 3.05) is 26.2 Å². The average Bonchev–Trinajstić information content (AvgIpc) is 3.07. The van der Waals surface area contributed by atoms with Crippen molar-refractivity contribution in [2.24, 2.45) is 0 Å². The number of carbonyl (C=O) groups excluding carboxylic acids is 1. The summed E-state index contributed by atoms with van der Waals surface area (Å²) in [6, 6.07) is 1.89. The van der Waals surface area contributed by atoms with Gasteiger partial charge in [0.1, 0.15) is 5.69 Å². The van der Waals surface area contributed by atoms with Crippen LogP contribution < -0.4 is 5.32 Å². The van der Waals surface area contributed by atoms with Crippen molar-refractivity contribution in [2.45, 2.75) is 6.92 Å². The van der Waals surface area contributed by atoms with Crippen molar-refractivity contribution >= 4 is 42.1 Å². The number of piperazine rings is 1. The Hall–Kier alpha value is -1.08. The zero-order chi connectivity index (χ0) is 13.2. The van der Waals surface area contributed by atoms with Gasteiger partial charge in [0.25, 0.3) is 5.91 Å². The Bertz CT molecular complexity index is 593. The molecular weight excluding hydrogens is 331 g/mol. The fraction of sp³-hybridized carbons (Fsp3) is 0.385. The second-order valence-corrected chi connectivity index (χ2v) is 5.66. The van der Waals surface area contributed by atoms with Crippen molar-refractivity contribution in [3.63, 3.8) is 0 Å². The highest BCUT2D eigenvalue weighted by Gasteiger charge is 2.19. The first-order chi connectivity index (χ1) is 9.24. The fourth-order valence-electron chi connectivity index (χ4n) is 2.20. The number of thiazole rings is 1. The van der Waals surface area contributed by atoms with Crippen LogP contribution in [0.4, 0.5) is 0 Å². The topological polar surface area (TPSA) is 61.0 Å². The Morgan fingerprint density at radius 1 is 1.33 bits per heavy atom. The van der Waals surface area contributed by atoms with Gasteiger partial charge in [-0.3, -0.25) is 4.79 Å². The molecule has 0 saturated carbocycles. The summed E-state index contributed by atoms with van der Waals surface area (Å²) in [7, 11) is 0. The summed E-state index contributed by atoms with van der Waals surface area (Å²) in [6.07, 6.45) is 1.85. The standard InChI is InChI=1S/C13H16N4OS.2ClH/c1-9-16-12(8-19-9)10-6-11(15-7-10)13(18)17-4-2-14-3-5-17;;/h6-8,14-15H,2-5H2,1H3;2*1H. The van der Waals surface area contributed by atoms with E-state index in [1.54, 1.807) is 11.3 Å². The minimum absolute atomic E-state index is 0. The van der Waals surface area contributed by atoms with Crippen LogP contribution in [0.1, 0.15) is 15.5 Å². The maximum atomic E-state index is 12.3. The number of rotatable bonds is 2. The molecule has 1 aliphatic rings. The molecule has 3 rings (SSSR count). The van der Waals surface area contributed by atoms with Crippen molar-refractivity contribution in [1.29, 1.82) is 0 Å². The van der Waals surface area contributed by atoms with E-state index in [2.05, 4.69) is 15.3 Å². The highest BCUT2D eigenvalue weighted by atomic mass is 35.5. The highest BCUT2D eigenvalue weighted by Crippen LogP contribution is 2.22. The number of aromatic amines is 1. The van der Waals surface area contributed by atoms with Crippen LogP contribution in [0.2, 0.25) is 0 Å². The first kappa shape index (κ1) is 18.0. The molecule has 5 nitrogen and oxygen atoms in total. The second kappa shape index (κ2) is 7.79. The Kier molecular flexibility index (Phi) is 6.67. The van der Waals surface area contributed by atoms with Crippen LogP contribution in [-0.2, 0) is 0 Å². The molecule has 1 fully saturated rings. The van der Waals surface area contributed by atoms with Gasteiger partial charge in [0.15, 0.2) is 0 Å². The van der Waals surface area contributed by atoms with Crippen molar-refractivity contribution in [1.82, 2.24) is 20.2 Å². The Labute approximate surface area is 140 Å². The molecule has 2 N–H and O–H groups in total. The lowest BCUT2D eigenvalue weighted by molar-refractivity contribution is 0.0730. The van der Waals surface area contributed by atoms with Crippen LogP contribution in [0.25, 0.3) is 11.3 Å². The normalized spacial score (nSPS) is 14.2. The molecule has 2 aromatic heterocycles. The predicted molar refractivity (Wildman–Crippen MR) is 89.9 cm³/mol. The van der Waals surface area contributed by atoms with Crippen LogP contribution in [-0.4, -0.2) is 47.0 Å². The summed E-state index contributed by atoms with van der Waals surface area (Å²) in [5, 5.41) is 6.29. The minimum atomic E-state index is 0. The molecule has 21 heavy (non-hydrogen) atoms. The molecule has 0 aromatic carbocycles. The quantitative estimate of drug-likeness (QED) is 0.875. The van der Waals surface area contributed by atoms with Crippen molar-refractivity contribution < 1.29 is 4.79 Å². The number of aromatic nitrogens is 2. The third kappa shape index (κ3) is 3.97. The van der Waals surface area contributed by atoms with E-state index in [1.165, 1.54) is 0 Å². The molecule has 0 bridgehead atoms. The van der Waals surface area contributed by atoms with Crippen molar-refractivity contribution in [3.05, 3.63) is 28.3 Å². The number of carbonyl (C=O) groups is 1. The molecule has 1 saturated heterocycles. The molecule has 0 atom stereocenters. The molecule has 0 spiro atoms. The molecule has 8 heteroatoms. The minimum Gasteiger partial charge on any atom is -0.357 e. The third-order valence-electron chi connectivity index (χ3n) is 3.23. The Balaban J connectivity index is 0.00000110. The van der Waals surface area contributed by atoms with Gasteiger partial charge in [-0.25, -0.2) is 4.98 Å². The van der Waals surface area contributed by atoms with Crippen LogP contribution >= 0.6 is 36.2 Å². The monoisotopic (exact) mass is 348 g/mol. The summed E-state index contributed by atoms with van der Waals surface area (Å²) >= 11 is 1.62. The van der Waals surface area contributed by atoms with Gasteiger partial charge in [-0.15, -0.1) is 36.2 Å². The number of hydrogen-bond acceptors (Lipinski definition) is 4. The summed E-state index contributed by atoms with van der Waals surface area (Å²) in [5.74, 6) is 0.0692. The van der Waals surface area contributed by atoms with E-state index in [1.807, 2.05) is 29.5 Å². The van der Waals surface area contributed by atoms with Gasteiger partial charge >= 0.3 is 0 Å². The lowest BCUT2D eigenvalue weighted by Gasteiger charge is -2.26. The number of H-pyrrole nitrogens is 1. The van der Waals surface area contributed by atoms with Gasteiger partial charge in [0, 0.05) is 43.3 Å². The maximum absolute atomic E-state index is 12.3. The van der Waals surface area contributed by atoms with Gasteiger partial charge in [-0.1, -0.05) is 0 Å². The second-order valence-electron chi connectivity index (χ2n) is 4.60. The van der Waals surface area contributed by atoms with E-state index >= 15 is 0 Å². The molecule has 3 heterocycles. The zero-order valence-electron chi connectivity index (χ0n) is 11.6. The van der Waals surface area contributed by atoms with Crippen LogP contribution in [0, 0.1) is 6.92 Å². The first-order valence-electron chi connectivity index (χ1n) is 6.35. The van der Waals surface area contributed by atoms with E-state index in [0.717, 1.165) is 42.4 Å². The van der Waals surface area contributed by atoms with E-state index < -0.39 is 0 Å².